The molecule has 1 fully saturated rings. The van der Waals surface area contributed by atoms with E-state index in [1.54, 1.807) is 6.07 Å². The maximum atomic E-state index is 12.5. The number of fused-ring (bicyclic) bond motifs is 1. The van der Waals surface area contributed by atoms with Gasteiger partial charge in [0.1, 0.15) is 5.52 Å². The van der Waals surface area contributed by atoms with Gasteiger partial charge >= 0.3 is 0 Å². The van der Waals surface area contributed by atoms with Gasteiger partial charge in [0.2, 0.25) is 0 Å². The normalized spacial score (nSPS) is 20.6. The van der Waals surface area contributed by atoms with E-state index in [1.165, 1.54) is 0 Å². The van der Waals surface area contributed by atoms with Crippen molar-refractivity contribution in [3.63, 3.8) is 0 Å². The first-order chi connectivity index (χ1) is 9.58. The first-order valence-corrected chi connectivity index (χ1v) is 6.96. The molecule has 1 aliphatic rings. The maximum absolute atomic E-state index is 12.5. The number of nitrogens with two attached hydrogens (primary N) is 1. The fourth-order valence-electron chi connectivity index (χ4n) is 2.87. The molecule has 0 saturated carbocycles. The quantitative estimate of drug-likeness (QED) is 0.908. The second-order valence-electron chi connectivity index (χ2n) is 5.59. The second-order valence-corrected chi connectivity index (χ2v) is 5.59. The molecule has 7 heteroatoms. The van der Waals surface area contributed by atoms with Gasteiger partial charge in [0.15, 0.2) is 11.3 Å². The van der Waals surface area contributed by atoms with Crippen LogP contribution in [0.1, 0.15) is 29.6 Å². The minimum atomic E-state index is -0.0656. The van der Waals surface area contributed by atoms with Crippen LogP contribution in [0.5, 0.6) is 0 Å². The summed E-state index contributed by atoms with van der Waals surface area (Å²) in [6, 6.07) is 5.67. The highest BCUT2D eigenvalue weighted by atomic mass is 35.5. The minimum absolute atomic E-state index is 0. The third-order valence-electron chi connectivity index (χ3n) is 3.98. The van der Waals surface area contributed by atoms with E-state index >= 15 is 0 Å². The zero-order chi connectivity index (χ0) is 14.3. The third-order valence-corrected chi connectivity index (χ3v) is 3.98. The zero-order valence-corrected chi connectivity index (χ0v) is 14.2. The molecule has 0 aromatic carbocycles. The van der Waals surface area contributed by atoms with Crippen LogP contribution in [-0.4, -0.2) is 34.9 Å². The molecule has 2 atom stereocenters. The van der Waals surface area contributed by atoms with E-state index in [9.17, 15) is 4.79 Å². The van der Waals surface area contributed by atoms with Gasteiger partial charge < -0.3 is 15.1 Å². The monoisotopic (exact) mass is 345 g/mol. The molecule has 2 N–H and O–H groups in total. The van der Waals surface area contributed by atoms with Crippen molar-refractivity contribution < 1.29 is 9.21 Å². The SMILES string of the molecule is Cc1ccc2oc(C(=O)N3CC(CN)CC3C)cc2n1.Cl.Cl. The molecule has 0 spiro atoms. The van der Waals surface area contributed by atoms with Gasteiger partial charge in [0.05, 0.1) is 0 Å². The summed E-state index contributed by atoms with van der Waals surface area (Å²) in [5, 5.41) is 0. The van der Waals surface area contributed by atoms with E-state index in [0.29, 0.717) is 30.4 Å². The standard InChI is InChI=1S/C15H19N3O2.2ClH/c1-9-3-4-13-12(17-9)6-14(20-13)15(19)18-8-11(7-16)5-10(18)2;;/h3-4,6,10-11H,5,7-8,16H2,1-2H3;2*1H. The first kappa shape index (κ1) is 18.7. The van der Waals surface area contributed by atoms with E-state index in [1.807, 2.05) is 24.0 Å². The van der Waals surface area contributed by atoms with Gasteiger partial charge in [-0.3, -0.25) is 4.79 Å². The first-order valence-electron chi connectivity index (χ1n) is 6.96. The number of rotatable bonds is 2. The Morgan fingerprint density at radius 3 is 2.82 bits per heavy atom. The van der Waals surface area contributed by atoms with Crippen LogP contribution in [0.4, 0.5) is 0 Å². The molecule has 1 saturated heterocycles. The molecule has 0 aliphatic carbocycles. The van der Waals surface area contributed by atoms with E-state index in [0.717, 1.165) is 17.6 Å². The average molecular weight is 346 g/mol. The second kappa shape index (κ2) is 7.31. The molecule has 0 radical (unpaired) electrons. The highest BCUT2D eigenvalue weighted by Gasteiger charge is 2.33. The van der Waals surface area contributed by atoms with Crippen molar-refractivity contribution in [3.05, 3.63) is 29.7 Å². The Morgan fingerprint density at radius 2 is 2.18 bits per heavy atom. The van der Waals surface area contributed by atoms with Crippen molar-refractivity contribution in [3.8, 4) is 0 Å². The van der Waals surface area contributed by atoms with Crippen LogP contribution in [0.2, 0.25) is 0 Å². The molecule has 1 aliphatic heterocycles. The Hall–Kier alpha value is -1.30. The number of amides is 1. The Labute approximate surface area is 142 Å². The lowest BCUT2D eigenvalue weighted by atomic mass is 10.1. The van der Waals surface area contributed by atoms with E-state index < -0.39 is 0 Å². The smallest absolute Gasteiger partial charge is 0.289 e. The number of aryl methyl sites for hydroxylation is 1. The molecule has 0 bridgehead atoms. The maximum Gasteiger partial charge on any atom is 0.289 e. The van der Waals surface area contributed by atoms with E-state index in [2.05, 4.69) is 11.9 Å². The number of furan rings is 1. The molecule has 1 amide bonds. The van der Waals surface area contributed by atoms with Gasteiger partial charge in [0.25, 0.3) is 5.91 Å². The van der Waals surface area contributed by atoms with Crippen molar-refractivity contribution in [1.82, 2.24) is 9.88 Å². The number of nitrogens with zero attached hydrogens (tertiary/aromatic N) is 2. The van der Waals surface area contributed by atoms with Crippen molar-refractivity contribution in [2.45, 2.75) is 26.3 Å². The predicted molar refractivity (Wildman–Crippen MR) is 90.9 cm³/mol. The number of carbonyl (C=O) groups excluding carboxylic acids is 1. The minimum Gasteiger partial charge on any atom is -0.449 e. The van der Waals surface area contributed by atoms with Crippen molar-refractivity contribution in [2.75, 3.05) is 13.1 Å². The van der Waals surface area contributed by atoms with Crippen LogP contribution in [0.3, 0.4) is 0 Å². The molecular formula is C15H21Cl2N3O2. The number of likely N-dealkylation sites (tertiary alicyclic amines) is 1. The highest BCUT2D eigenvalue weighted by molar-refractivity contribution is 5.95. The molecule has 3 rings (SSSR count). The lowest BCUT2D eigenvalue weighted by molar-refractivity contribution is 0.0713. The average Bonchev–Trinajstić information content (AvgIpc) is 3.00. The van der Waals surface area contributed by atoms with E-state index in [4.69, 9.17) is 10.2 Å². The predicted octanol–water partition coefficient (Wildman–Crippen LogP) is 2.79. The van der Waals surface area contributed by atoms with E-state index in [-0.39, 0.29) is 36.8 Å². The van der Waals surface area contributed by atoms with Gasteiger partial charge in [-0.25, -0.2) is 4.98 Å². The van der Waals surface area contributed by atoms with Crippen molar-refractivity contribution >= 4 is 41.8 Å². The Balaban J connectivity index is 0.00000121. The summed E-state index contributed by atoms with van der Waals surface area (Å²) < 4.78 is 5.63. The largest absolute Gasteiger partial charge is 0.449 e. The Kier molecular flexibility index (Phi) is 6.23. The van der Waals surface area contributed by atoms with Gasteiger partial charge in [-0.15, -0.1) is 24.8 Å². The molecule has 22 heavy (non-hydrogen) atoms. The Bertz CT molecular complexity index is 659. The van der Waals surface area contributed by atoms with Crippen LogP contribution in [0, 0.1) is 12.8 Å². The van der Waals surface area contributed by atoms with Crippen LogP contribution >= 0.6 is 24.8 Å². The molecule has 5 nitrogen and oxygen atoms in total. The van der Waals surface area contributed by atoms with Crippen LogP contribution < -0.4 is 5.73 Å². The van der Waals surface area contributed by atoms with Crippen LogP contribution in [0.25, 0.3) is 11.1 Å². The van der Waals surface area contributed by atoms with Gasteiger partial charge in [-0.1, -0.05) is 0 Å². The summed E-state index contributed by atoms with van der Waals surface area (Å²) in [5.74, 6) is 0.686. The van der Waals surface area contributed by atoms with Gasteiger partial charge in [0, 0.05) is 24.3 Å². The fourth-order valence-corrected chi connectivity index (χ4v) is 2.87. The summed E-state index contributed by atoms with van der Waals surface area (Å²) in [6.07, 6.45) is 0.958. The molecular weight excluding hydrogens is 325 g/mol. The molecule has 3 heterocycles. The summed E-state index contributed by atoms with van der Waals surface area (Å²) in [5.41, 5.74) is 8.00. The highest BCUT2D eigenvalue weighted by Crippen LogP contribution is 2.26. The fraction of sp³-hybridized carbons (Fsp3) is 0.467. The lowest BCUT2D eigenvalue weighted by Crippen LogP contribution is -2.34. The Morgan fingerprint density at radius 1 is 1.45 bits per heavy atom. The zero-order valence-electron chi connectivity index (χ0n) is 12.6. The molecule has 2 aromatic rings. The van der Waals surface area contributed by atoms with Crippen LogP contribution in [-0.2, 0) is 0 Å². The molecule has 2 aromatic heterocycles. The summed E-state index contributed by atoms with van der Waals surface area (Å²) >= 11 is 0. The summed E-state index contributed by atoms with van der Waals surface area (Å²) in [4.78, 5) is 18.8. The number of aromatic nitrogens is 1. The number of halogens is 2. The number of pyridine rings is 1. The lowest BCUT2D eigenvalue weighted by Gasteiger charge is -2.19. The van der Waals surface area contributed by atoms with Crippen molar-refractivity contribution in [2.24, 2.45) is 11.7 Å². The number of hydrogen-bond acceptors (Lipinski definition) is 4. The number of hydrogen-bond donors (Lipinski definition) is 1. The van der Waals surface area contributed by atoms with Gasteiger partial charge in [-0.05, 0) is 44.9 Å². The van der Waals surface area contributed by atoms with Gasteiger partial charge in [-0.2, -0.15) is 0 Å². The topological polar surface area (TPSA) is 72.4 Å². The summed E-state index contributed by atoms with van der Waals surface area (Å²) in [6.45, 7) is 5.30. The third kappa shape index (κ3) is 3.37. The molecule has 2 unspecified atom stereocenters. The van der Waals surface area contributed by atoms with Crippen molar-refractivity contribution in [1.29, 1.82) is 0 Å². The number of carbonyl (C=O) groups is 1. The molecule has 122 valence electrons. The summed E-state index contributed by atoms with van der Waals surface area (Å²) in [7, 11) is 0. The van der Waals surface area contributed by atoms with Crippen LogP contribution in [0.15, 0.2) is 22.6 Å².